The predicted octanol–water partition coefficient (Wildman–Crippen LogP) is 4.07. The molecule has 1 aromatic heterocycles. The predicted molar refractivity (Wildman–Crippen MR) is 108 cm³/mol. The van der Waals surface area contributed by atoms with Gasteiger partial charge in [-0.2, -0.15) is 4.37 Å². The Morgan fingerprint density at radius 3 is 2.59 bits per heavy atom. The van der Waals surface area contributed by atoms with Crippen molar-refractivity contribution in [3.8, 4) is 0 Å². The number of thioether (sulfide) groups is 1. The number of carbonyl (C=O) groups excluding carboxylic acids is 1. The number of aromatic nitrogens is 1. The summed E-state index contributed by atoms with van der Waals surface area (Å²) in [5.41, 5.74) is 0.985. The van der Waals surface area contributed by atoms with Gasteiger partial charge in [-0.1, -0.05) is 35.5 Å². The van der Waals surface area contributed by atoms with E-state index in [1.54, 1.807) is 12.1 Å². The van der Waals surface area contributed by atoms with Gasteiger partial charge in [0.15, 0.2) is 0 Å². The molecule has 10 heteroatoms. The number of anilines is 1. The number of aliphatic hydroxyl groups excluding tert-OH is 1. The molecular weight excluding hydrogens is 410 g/mol. The van der Waals surface area contributed by atoms with Gasteiger partial charge in [0.2, 0.25) is 0 Å². The summed E-state index contributed by atoms with van der Waals surface area (Å²) in [6.45, 7) is 0.580. The highest BCUT2D eigenvalue weighted by molar-refractivity contribution is 7.98. The van der Waals surface area contributed by atoms with E-state index in [1.165, 1.54) is 11.8 Å². The fourth-order valence-electron chi connectivity index (χ4n) is 2.14. The Balaban J connectivity index is 1.94. The Labute approximate surface area is 170 Å². The SMILES string of the molecule is O=C(NCCCCCO)Nc1snc(SCc2ccc(Cl)cc2)c1C(=O)O. The van der Waals surface area contributed by atoms with Crippen molar-refractivity contribution >= 4 is 51.9 Å². The first-order valence-electron chi connectivity index (χ1n) is 8.27. The highest BCUT2D eigenvalue weighted by Gasteiger charge is 2.22. The number of halogens is 1. The number of hydrogen-bond donors (Lipinski definition) is 4. The summed E-state index contributed by atoms with van der Waals surface area (Å²) in [5, 5.41) is 24.6. The lowest BCUT2D eigenvalue weighted by Crippen LogP contribution is -2.29. The first-order chi connectivity index (χ1) is 13.0. The maximum absolute atomic E-state index is 11.9. The zero-order valence-corrected chi connectivity index (χ0v) is 16.8. The maximum Gasteiger partial charge on any atom is 0.341 e. The number of nitrogens with one attached hydrogen (secondary N) is 2. The van der Waals surface area contributed by atoms with Crippen LogP contribution in [0.4, 0.5) is 9.80 Å². The molecule has 0 unspecified atom stereocenters. The van der Waals surface area contributed by atoms with Crippen LogP contribution in [0, 0.1) is 0 Å². The van der Waals surface area contributed by atoms with E-state index in [1.807, 2.05) is 12.1 Å². The molecule has 27 heavy (non-hydrogen) atoms. The number of urea groups is 1. The van der Waals surface area contributed by atoms with Crippen LogP contribution in [-0.4, -0.2) is 39.7 Å². The van der Waals surface area contributed by atoms with Crippen LogP contribution < -0.4 is 10.6 Å². The van der Waals surface area contributed by atoms with Gasteiger partial charge < -0.3 is 15.5 Å². The summed E-state index contributed by atoms with van der Waals surface area (Å²) in [4.78, 5) is 23.5. The van der Waals surface area contributed by atoms with Gasteiger partial charge in [0.25, 0.3) is 0 Å². The highest BCUT2D eigenvalue weighted by atomic mass is 35.5. The largest absolute Gasteiger partial charge is 0.477 e. The Morgan fingerprint density at radius 2 is 1.93 bits per heavy atom. The summed E-state index contributed by atoms with van der Waals surface area (Å²) in [6, 6.07) is 6.81. The number of hydrogen-bond acceptors (Lipinski definition) is 6. The number of aromatic carboxylic acids is 1. The lowest BCUT2D eigenvalue weighted by Gasteiger charge is -2.06. The number of amides is 2. The van der Waals surface area contributed by atoms with Crippen molar-refractivity contribution in [1.82, 2.24) is 9.69 Å². The van der Waals surface area contributed by atoms with Gasteiger partial charge in [-0.25, -0.2) is 9.59 Å². The number of carboxylic acids is 1. The van der Waals surface area contributed by atoms with Gasteiger partial charge in [-0.15, -0.1) is 0 Å². The fraction of sp³-hybridized carbons (Fsp3) is 0.353. The lowest BCUT2D eigenvalue weighted by molar-refractivity contribution is 0.0694. The van der Waals surface area contributed by atoms with E-state index in [2.05, 4.69) is 15.0 Å². The van der Waals surface area contributed by atoms with Gasteiger partial charge in [0.1, 0.15) is 15.6 Å². The summed E-state index contributed by atoms with van der Waals surface area (Å²) in [6.07, 6.45) is 2.24. The molecule has 0 aliphatic rings. The summed E-state index contributed by atoms with van der Waals surface area (Å²) < 4.78 is 4.17. The van der Waals surface area contributed by atoms with Crippen molar-refractivity contribution in [2.45, 2.75) is 30.0 Å². The van der Waals surface area contributed by atoms with Crippen LogP contribution >= 0.6 is 34.9 Å². The lowest BCUT2D eigenvalue weighted by atomic mass is 10.2. The Morgan fingerprint density at radius 1 is 1.19 bits per heavy atom. The van der Waals surface area contributed by atoms with E-state index in [4.69, 9.17) is 16.7 Å². The normalized spacial score (nSPS) is 10.6. The average molecular weight is 430 g/mol. The van der Waals surface area contributed by atoms with Crippen molar-refractivity contribution in [1.29, 1.82) is 0 Å². The molecule has 1 heterocycles. The van der Waals surface area contributed by atoms with E-state index >= 15 is 0 Å². The smallest absolute Gasteiger partial charge is 0.341 e. The van der Waals surface area contributed by atoms with Crippen molar-refractivity contribution < 1.29 is 19.8 Å². The molecule has 146 valence electrons. The molecule has 0 radical (unpaired) electrons. The van der Waals surface area contributed by atoms with E-state index in [0.717, 1.165) is 29.9 Å². The van der Waals surface area contributed by atoms with E-state index in [0.29, 0.717) is 28.8 Å². The third kappa shape index (κ3) is 7.02. The monoisotopic (exact) mass is 429 g/mol. The molecule has 0 atom stereocenters. The van der Waals surface area contributed by atoms with E-state index < -0.39 is 12.0 Å². The van der Waals surface area contributed by atoms with Crippen LogP contribution in [0.3, 0.4) is 0 Å². The minimum Gasteiger partial charge on any atom is -0.477 e. The molecule has 0 bridgehead atoms. The summed E-state index contributed by atoms with van der Waals surface area (Å²) >= 11 is 8.09. The fourth-order valence-corrected chi connectivity index (χ4v) is 4.16. The van der Waals surface area contributed by atoms with Crippen molar-refractivity contribution in [3.63, 3.8) is 0 Å². The van der Waals surface area contributed by atoms with Crippen LogP contribution in [0.15, 0.2) is 29.3 Å². The molecule has 0 fully saturated rings. The zero-order valence-electron chi connectivity index (χ0n) is 14.4. The second kappa shape index (κ2) is 11.1. The molecular formula is C17H20ClN3O4S2. The molecule has 1 aromatic carbocycles. The number of benzene rings is 1. The van der Waals surface area contributed by atoms with Crippen molar-refractivity contribution in [3.05, 3.63) is 40.4 Å². The Hall–Kier alpha value is -1.81. The summed E-state index contributed by atoms with van der Waals surface area (Å²) in [5.74, 6) is -0.599. The molecule has 4 N–H and O–H groups in total. The molecule has 0 aliphatic carbocycles. The molecule has 7 nitrogen and oxygen atoms in total. The molecule has 0 spiro atoms. The van der Waals surface area contributed by atoms with Gasteiger partial charge in [0.05, 0.1) is 0 Å². The second-order valence-electron chi connectivity index (χ2n) is 5.58. The third-order valence-corrected chi connectivity index (χ3v) is 5.69. The van der Waals surface area contributed by atoms with Gasteiger partial charge in [0, 0.05) is 23.9 Å². The Kier molecular flexibility index (Phi) is 8.86. The average Bonchev–Trinajstić information content (AvgIpc) is 3.03. The quantitative estimate of drug-likeness (QED) is 0.334. The highest BCUT2D eigenvalue weighted by Crippen LogP contribution is 2.33. The first kappa shape index (κ1) is 21.5. The summed E-state index contributed by atoms with van der Waals surface area (Å²) in [7, 11) is 0. The van der Waals surface area contributed by atoms with Gasteiger partial charge in [-0.3, -0.25) is 5.32 Å². The van der Waals surface area contributed by atoms with Crippen LogP contribution in [0.25, 0.3) is 0 Å². The second-order valence-corrected chi connectivity index (χ2v) is 7.75. The van der Waals surface area contributed by atoms with Crippen molar-refractivity contribution in [2.75, 3.05) is 18.5 Å². The molecule has 2 amide bonds. The van der Waals surface area contributed by atoms with Crippen molar-refractivity contribution in [2.24, 2.45) is 0 Å². The molecule has 2 rings (SSSR count). The number of aliphatic hydroxyl groups is 1. The van der Waals surface area contributed by atoms with Crippen LogP contribution in [-0.2, 0) is 5.75 Å². The number of carbonyl (C=O) groups is 2. The van der Waals surface area contributed by atoms with E-state index in [9.17, 15) is 14.7 Å². The maximum atomic E-state index is 11.9. The van der Waals surface area contributed by atoms with Gasteiger partial charge in [-0.05, 0) is 48.5 Å². The molecule has 2 aromatic rings. The van der Waals surface area contributed by atoms with Crippen LogP contribution in [0.1, 0.15) is 35.2 Å². The number of nitrogens with zero attached hydrogens (tertiary/aromatic N) is 1. The van der Waals surface area contributed by atoms with Gasteiger partial charge >= 0.3 is 12.0 Å². The number of carboxylic acid groups (broad SMARTS) is 1. The minimum absolute atomic E-state index is 0.00519. The van der Waals surface area contributed by atoms with Crippen LogP contribution in [0.2, 0.25) is 5.02 Å². The molecule has 0 aliphatic heterocycles. The topological polar surface area (TPSA) is 112 Å². The number of unbranched alkanes of at least 4 members (excludes halogenated alkanes) is 2. The molecule has 0 saturated carbocycles. The third-order valence-electron chi connectivity index (χ3n) is 3.51. The zero-order chi connectivity index (χ0) is 19.6. The van der Waals surface area contributed by atoms with E-state index in [-0.39, 0.29) is 17.2 Å². The van der Waals surface area contributed by atoms with Crippen LogP contribution in [0.5, 0.6) is 0 Å². The molecule has 0 saturated heterocycles. The first-order valence-corrected chi connectivity index (χ1v) is 10.4. The number of rotatable bonds is 10. The standard InChI is InChI=1S/C17H20ClN3O4S2/c18-12-6-4-11(5-7-12)10-26-15-13(16(23)24)14(27-21-15)20-17(25)19-8-2-1-3-9-22/h4-7,22H,1-3,8-10H2,(H,23,24)(H2,19,20,25). The Bertz CT molecular complexity index is 768. The minimum atomic E-state index is -1.14.